The van der Waals surface area contributed by atoms with Crippen LogP contribution in [0.3, 0.4) is 0 Å². The van der Waals surface area contributed by atoms with Crippen molar-refractivity contribution in [3.05, 3.63) is 35.4 Å². The standard InChI is InChI=1S/C16H26N2O2S/c1-14-3-2-4-16(13-14)7-11-18-21(19,20)12-8-15-5-9-17-10-6-15/h2-4,13,15,17-18H,5-12H2,1H3. The minimum absolute atomic E-state index is 0.255. The van der Waals surface area contributed by atoms with Gasteiger partial charge in [-0.15, -0.1) is 0 Å². The van der Waals surface area contributed by atoms with Gasteiger partial charge in [0, 0.05) is 6.54 Å². The Kier molecular flexibility index (Phi) is 6.21. The number of aryl methyl sites for hydroxylation is 1. The average molecular weight is 310 g/mol. The number of nitrogens with one attached hydrogen (secondary N) is 2. The Morgan fingerprint density at radius 1 is 1.29 bits per heavy atom. The van der Waals surface area contributed by atoms with E-state index >= 15 is 0 Å². The summed E-state index contributed by atoms with van der Waals surface area (Å²) in [5, 5.41) is 3.30. The second-order valence-corrected chi connectivity index (χ2v) is 7.86. The lowest BCUT2D eigenvalue weighted by Crippen LogP contribution is -2.32. The van der Waals surface area contributed by atoms with Gasteiger partial charge in [0.25, 0.3) is 0 Å². The van der Waals surface area contributed by atoms with Crippen LogP contribution in [0, 0.1) is 12.8 Å². The largest absolute Gasteiger partial charge is 0.317 e. The monoisotopic (exact) mass is 310 g/mol. The third-order valence-corrected chi connectivity index (χ3v) is 5.49. The van der Waals surface area contributed by atoms with Crippen LogP contribution in [0.25, 0.3) is 0 Å². The first-order valence-electron chi connectivity index (χ1n) is 7.79. The highest BCUT2D eigenvalue weighted by atomic mass is 32.2. The smallest absolute Gasteiger partial charge is 0.211 e. The summed E-state index contributed by atoms with van der Waals surface area (Å²) in [6, 6.07) is 8.20. The maximum Gasteiger partial charge on any atom is 0.211 e. The molecular formula is C16H26N2O2S. The summed E-state index contributed by atoms with van der Waals surface area (Å²) in [6.07, 6.45) is 3.72. The van der Waals surface area contributed by atoms with Gasteiger partial charge in [0.05, 0.1) is 5.75 Å². The molecule has 0 atom stereocenters. The Morgan fingerprint density at radius 3 is 2.76 bits per heavy atom. The van der Waals surface area contributed by atoms with E-state index in [2.05, 4.69) is 16.1 Å². The normalized spacial score (nSPS) is 17.0. The Morgan fingerprint density at radius 2 is 2.05 bits per heavy atom. The van der Waals surface area contributed by atoms with E-state index in [4.69, 9.17) is 0 Å². The number of hydrogen-bond acceptors (Lipinski definition) is 3. The SMILES string of the molecule is Cc1cccc(CCNS(=O)(=O)CCC2CCNCC2)c1. The second-order valence-electron chi connectivity index (χ2n) is 5.93. The minimum Gasteiger partial charge on any atom is -0.317 e. The molecule has 4 nitrogen and oxygen atoms in total. The fraction of sp³-hybridized carbons (Fsp3) is 0.625. The first kappa shape index (κ1) is 16.5. The van der Waals surface area contributed by atoms with Gasteiger partial charge in [0.15, 0.2) is 0 Å². The topological polar surface area (TPSA) is 58.2 Å². The van der Waals surface area contributed by atoms with Crippen LogP contribution in [0.15, 0.2) is 24.3 Å². The van der Waals surface area contributed by atoms with Crippen molar-refractivity contribution in [2.24, 2.45) is 5.92 Å². The summed E-state index contributed by atoms with van der Waals surface area (Å²) >= 11 is 0. The van der Waals surface area contributed by atoms with Crippen LogP contribution < -0.4 is 10.0 Å². The van der Waals surface area contributed by atoms with E-state index < -0.39 is 10.0 Å². The summed E-state index contributed by atoms with van der Waals surface area (Å²) in [7, 11) is -3.13. The van der Waals surface area contributed by atoms with E-state index in [0.29, 0.717) is 12.5 Å². The lowest BCUT2D eigenvalue weighted by molar-refractivity contribution is 0.365. The summed E-state index contributed by atoms with van der Waals surface area (Å²) in [5.41, 5.74) is 2.39. The molecule has 118 valence electrons. The minimum atomic E-state index is -3.13. The first-order chi connectivity index (χ1) is 10.1. The molecule has 1 aromatic carbocycles. The van der Waals surface area contributed by atoms with Crippen LogP contribution in [-0.2, 0) is 16.4 Å². The molecule has 0 aliphatic carbocycles. The zero-order valence-electron chi connectivity index (χ0n) is 12.8. The van der Waals surface area contributed by atoms with Crippen molar-refractivity contribution in [3.63, 3.8) is 0 Å². The second kappa shape index (κ2) is 7.92. The summed E-state index contributed by atoms with van der Waals surface area (Å²) < 4.78 is 26.7. The van der Waals surface area contributed by atoms with Crippen molar-refractivity contribution in [2.45, 2.75) is 32.6 Å². The van der Waals surface area contributed by atoms with Crippen molar-refractivity contribution in [1.82, 2.24) is 10.0 Å². The molecule has 1 fully saturated rings. The molecule has 1 aliphatic heterocycles. The Labute approximate surface area is 128 Å². The number of rotatable bonds is 7. The number of benzene rings is 1. The van der Waals surface area contributed by atoms with Crippen LogP contribution >= 0.6 is 0 Å². The molecule has 0 amide bonds. The summed E-state index contributed by atoms with van der Waals surface area (Å²) in [5.74, 6) is 0.811. The molecule has 1 heterocycles. The fourth-order valence-corrected chi connectivity index (χ4v) is 3.98. The maximum atomic E-state index is 12.0. The Balaban J connectivity index is 1.70. The van der Waals surface area contributed by atoms with Gasteiger partial charge in [-0.2, -0.15) is 0 Å². The van der Waals surface area contributed by atoms with Crippen LogP contribution in [0.5, 0.6) is 0 Å². The van der Waals surface area contributed by atoms with Gasteiger partial charge in [-0.3, -0.25) is 0 Å². The molecule has 0 saturated carbocycles. The first-order valence-corrected chi connectivity index (χ1v) is 9.44. The van der Waals surface area contributed by atoms with E-state index in [-0.39, 0.29) is 5.75 Å². The van der Waals surface area contributed by atoms with Crippen molar-refractivity contribution in [2.75, 3.05) is 25.4 Å². The molecule has 2 N–H and O–H groups in total. The molecule has 0 spiro atoms. The molecule has 0 unspecified atom stereocenters. The third kappa shape index (κ3) is 6.16. The van der Waals surface area contributed by atoms with Gasteiger partial charge < -0.3 is 5.32 Å². The maximum absolute atomic E-state index is 12.0. The number of hydrogen-bond donors (Lipinski definition) is 2. The third-order valence-electron chi connectivity index (χ3n) is 4.07. The highest BCUT2D eigenvalue weighted by Gasteiger charge is 2.17. The van der Waals surface area contributed by atoms with Crippen LogP contribution in [-0.4, -0.2) is 33.8 Å². The molecule has 2 rings (SSSR count). The van der Waals surface area contributed by atoms with Crippen molar-refractivity contribution < 1.29 is 8.42 Å². The number of piperidine rings is 1. The summed E-state index contributed by atoms with van der Waals surface area (Å²) in [4.78, 5) is 0. The number of sulfonamides is 1. The summed E-state index contributed by atoms with van der Waals surface area (Å²) in [6.45, 7) is 4.57. The zero-order valence-corrected chi connectivity index (χ0v) is 13.6. The van der Waals surface area contributed by atoms with Crippen LogP contribution in [0.1, 0.15) is 30.4 Å². The molecule has 0 aromatic heterocycles. The lowest BCUT2D eigenvalue weighted by Gasteiger charge is -2.22. The van der Waals surface area contributed by atoms with Gasteiger partial charge >= 0.3 is 0 Å². The Hall–Kier alpha value is -0.910. The lowest BCUT2D eigenvalue weighted by atomic mass is 9.96. The van der Waals surface area contributed by atoms with E-state index in [1.807, 2.05) is 25.1 Å². The highest BCUT2D eigenvalue weighted by molar-refractivity contribution is 7.89. The van der Waals surface area contributed by atoms with E-state index in [1.165, 1.54) is 11.1 Å². The predicted octanol–water partition coefficient (Wildman–Crippen LogP) is 1.85. The molecule has 1 aliphatic rings. The van der Waals surface area contributed by atoms with Gasteiger partial charge in [0.2, 0.25) is 10.0 Å². The predicted molar refractivity (Wildman–Crippen MR) is 86.9 cm³/mol. The molecule has 1 aromatic rings. The molecule has 0 radical (unpaired) electrons. The van der Waals surface area contributed by atoms with Crippen molar-refractivity contribution >= 4 is 10.0 Å². The fourth-order valence-electron chi connectivity index (χ4n) is 2.78. The Bertz CT molecular complexity index is 537. The molecule has 21 heavy (non-hydrogen) atoms. The van der Waals surface area contributed by atoms with E-state index in [0.717, 1.165) is 38.8 Å². The van der Waals surface area contributed by atoms with Gasteiger partial charge in [0.1, 0.15) is 0 Å². The molecule has 0 bridgehead atoms. The quantitative estimate of drug-likeness (QED) is 0.808. The van der Waals surface area contributed by atoms with Crippen LogP contribution in [0.4, 0.5) is 0 Å². The molecule has 5 heteroatoms. The van der Waals surface area contributed by atoms with Crippen molar-refractivity contribution in [3.8, 4) is 0 Å². The highest BCUT2D eigenvalue weighted by Crippen LogP contribution is 2.16. The molecular weight excluding hydrogens is 284 g/mol. The van der Waals surface area contributed by atoms with Crippen LogP contribution in [0.2, 0.25) is 0 Å². The average Bonchev–Trinajstić information content (AvgIpc) is 2.46. The van der Waals surface area contributed by atoms with Gasteiger partial charge in [-0.05, 0) is 57.2 Å². The van der Waals surface area contributed by atoms with Gasteiger partial charge in [-0.25, -0.2) is 13.1 Å². The van der Waals surface area contributed by atoms with Crippen molar-refractivity contribution in [1.29, 1.82) is 0 Å². The van der Waals surface area contributed by atoms with E-state index in [9.17, 15) is 8.42 Å². The van der Waals surface area contributed by atoms with Gasteiger partial charge in [-0.1, -0.05) is 29.8 Å². The van der Waals surface area contributed by atoms with E-state index in [1.54, 1.807) is 0 Å². The molecule has 1 saturated heterocycles. The zero-order chi connectivity index (χ0) is 15.1.